The summed E-state index contributed by atoms with van der Waals surface area (Å²) in [6, 6.07) is 0.454. The van der Waals surface area contributed by atoms with E-state index >= 15 is 0 Å². The molecule has 0 spiro atoms. The van der Waals surface area contributed by atoms with Crippen molar-refractivity contribution in [2.45, 2.75) is 32.2 Å². The molecule has 2 unspecified atom stereocenters. The number of nitrogens with zero attached hydrogens (tertiary/aromatic N) is 2. The van der Waals surface area contributed by atoms with E-state index in [0.29, 0.717) is 12.0 Å². The van der Waals surface area contributed by atoms with Crippen LogP contribution in [0.3, 0.4) is 0 Å². The minimum absolute atomic E-state index is 0.393. The fraction of sp³-hybridized carbons (Fsp3) is 0.600. The average Bonchev–Trinajstić information content (AvgIpc) is 2.56. The fourth-order valence-electron chi connectivity index (χ4n) is 1.91. The number of halogens is 1. The zero-order valence-corrected chi connectivity index (χ0v) is 8.20. The van der Waals surface area contributed by atoms with E-state index in [-0.39, 0.29) is 0 Å². The Morgan fingerprint density at radius 1 is 1.36 bits per heavy atom. The van der Waals surface area contributed by atoms with Gasteiger partial charge in [-0.3, -0.25) is 0 Å². The molecule has 1 heterocycles. The summed E-state index contributed by atoms with van der Waals surface area (Å²) in [6.07, 6.45) is 5.93. The molecule has 2 atom stereocenters. The van der Waals surface area contributed by atoms with Gasteiger partial charge in [-0.15, -0.1) is 0 Å². The Morgan fingerprint density at radius 2 is 2.07 bits per heavy atom. The molecule has 0 saturated heterocycles. The van der Waals surface area contributed by atoms with Crippen LogP contribution in [0.15, 0.2) is 12.4 Å². The molecule has 0 radical (unpaired) electrons. The second-order valence-corrected chi connectivity index (χ2v) is 3.98. The minimum Gasteiger partial charge on any atom is -0.351 e. The molecule has 0 amide bonds. The first-order valence-corrected chi connectivity index (χ1v) is 4.98. The number of nitrogens with one attached hydrogen (secondary N) is 1. The summed E-state index contributed by atoms with van der Waals surface area (Å²) in [4.78, 5) is 7.74. The van der Waals surface area contributed by atoms with E-state index in [4.69, 9.17) is 0 Å². The van der Waals surface area contributed by atoms with Crippen LogP contribution in [0, 0.1) is 11.7 Å². The first-order chi connectivity index (χ1) is 6.74. The Morgan fingerprint density at radius 3 is 2.64 bits per heavy atom. The maximum Gasteiger partial charge on any atom is 0.222 e. The summed E-state index contributed by atoms with van der Waals surface area (Å²) in [5.74, 6) is 0.911. The largest absolute Gasteiger partial charge is 0.351 e. The van der Waals surface area contributed by atoms with E-state index < -0.39 is 5.82 Å². The lowest BCUT2D eigenvalue weighted by Crippen LogP contribution is -2.17. The third-order valence-electron chi connectivity index (χ3n) is 2.65. The molecule has 4 heteroatoms. The van der Waals surface area contributed by atoms with Gasteiger partial charge >= 0.3 is 0 Å². The molecule has 1 aromatic rings. The van der Waals surface area contributed by atoms with Gasteiger partial charge in [0.2, 0.25) is 5.95 Å². The highest BCUT2D eigenvalue weighted by Crippen LogP contribution is 2.26. The van der Waals surface area contributed by atoms with Crippen LogP contribution >= 0.6 is 0 Å². The molecule has 0 aromatic carbocycles. The Kier molecular flexibility index (Phi) is 2.61. The summed E-state index contributed by atoms with van der Waals surface area (Å²) in [5, 5.41) is 3.21. The summed E-state index contributed by atoms with van der Waals surface area (Å²) in [5.41, 5.74) is 0. The van der Waals surface area contributed by atoms with Gasteiger partial charge in [-0.2, -0.15) is 0 Å². The normalized spacial score (nSPS) is 26.4. The quantitative estimate of drug-likeness (QED) is 0.786. The smallest absolute Gasteiger partial charge is 0.222 e. The highest BCUT2D eigenvalue weighted by Gasteiger charge is 2.21. The molecule has 1 saturated carbocycles. The van der Waals surface area contributed by atoms with Crippen molar-refractivity contribution in [1.82, 2.24) is 9.97 Å². The van der Waals surface area contributed by atoms with Crippen LogP contribution in [0.4, 0.5) is 10.3 Å². The predicted octanol–water partition coefficient (Wildman–Crippen LogP) is 2.22. The molecule has 1 aromatic heterocycles. The number of aromatic nitrogens is 2. The van der Waals surface area contributed by atoms with E-state index in [2.05, 4.69) is 22.2 Å². The SMILES string of the molecule is CC1CCC(Nc2ncc(F)cn2)C1. The third-order valence-corrected chi connectivity index (χ3v) is 2.65. The topological polar surface area (TPSA) is 37.8 Å². The molecule has 2 rings (SSSR count). The van der Waals surface area contributed by atoms with Crippen LogP contribution in [-0.4, -0.2) is 16.0 Å². The van der Waals surface area contributed by atoms with E-state index in [1.807, 2.05) is 0 Å². The fourth-order valence-corrected chi connectivity index (χ4v) is 1.91. The highest BCUT2D eigenvalue weighted by atomic mass is 19.1. The molecule has 1 N–H and O–H groups in total. The van der Waals surface area contributed by atoms with Crippen molar-refractivity contribution in [1.29, 1.82) is 0 Å². The average molecular weight is 195 g/mol. The lowest BCUT2D eigenvalue weighted by molar-refractivity contribution is 0.599. The molecule has 1 fully saturated rings. The molecule has 1 aliphatic rings. The van der Waals surface area contributed by atoms with Crippen LogP contribution < -0.4 is 5.32 Å². The van der Waals surface area contributed by atoms with E-state index in [1.165, 1.54) is 18.8 Å². The second kappa shape index (κ2) is 3.90. The van der Waals surface area contributed by atoms with Gasteiger partial charge in [0, 0.05) is 6.04 Å². The molecular formula is C10H14FN3. The van der Waals surface area contributed by atoms with Gasteiger partial charge < -0.3 is 5.32 Å². The van der Waals surface area contributed by atoms with Crippen molar-refractivity contribution in [3.8, 4) is 0 Å². The number of anilines is 1. The first kappa shape index (κ1) is 9.37. The van der Waals surface area contributed by atoms with Crippen molar-refractivity contribution in [3.63, 3.8) is 0 Å². The summed E-state index contributed by atoms with van der Waals surface area (Å²) < 4.78 is 12.5. The van der Waals surface area contributed by atoms with Gasteiger partial charge in [0.25, 0.3) is 0 Å². The number of rotatable bonds is 2. The summed E-state index contributed by atoms with van der Waals surface area (Å²) >= 11 is 0. The zero-order chi connectivity index (χ0) is 9.97. The highest BCUT2D eigenvalue weighted by molar-refractivity contribution is 5.24. The summed E-state index contributed by atoms with van der Waals surface area (Å²) in [7, 11) is 0. The monoisotopic (exact) mass is 195 g/mol. The number of hydrogen-bond acceptors (Lipinski definition) is 3. The Labute approximate surface area is 82.8 Å². The van der Waals surface area contributed by atoms with Crippen molar-refractivity contribution >= 4 is 5.95 Å². The van der Waals surface area contributed by atoms with E-state index in [1.54, 1.807) is 0 Å². The van der Waals surface area contributed by atoms with Crippen LogP contribution in [0.5, 0.6) is 0 Å². The van der Waals surface area contributed by atoms with Crippen LogP contribution in [0.25, 0.3) is 0 Å². The van der Waals surface area contributed by atoms with Gasteiger partial charge in [0.15, 0.2) is 5.82 Å². The predicted molar refractivity (Wildman–Crippen MR) is 52.4 cm³/mol. The second-order valence-electron chi connectivity index (χ2n) is 3.98. The molecule has 1 aliphatic carbocycles. The Hall–Kier alpha value is -1.19. The first-order valence-electron chi connectivity index (χ1n) is 4.98. The third kappa shape index (κ3) is 2.19. The molecule has 3 nitrogen and oxygen atoms in total. The maximum absolute atomic E-state index is 12.5. The van der Waals surface area contributed by atoms with Gasteiger partial charge in [0.05, 0.1) is 12.4 Å². The van der Waals surface area contributed by atoms with Crippen molar-refractivity contribution < 1.29 is 4.39 Å². The summed E-state index contributed by atoms with van der Waals surface area (Å²) in [6.45, 7) is 2.24. The Balaban J connectivity index is 1.94. The van der Waals surface area contributed by atoms with Crippen LogP contribution in [0.1, 0.15) is 26.2 Å². The Bertz CT molecular complexity index is 299. The molecule has 14 heavy (non-hydrogen) atoms. The van der Waals surface area contributed by atoms with Crippen LogP contribution in [-0.2, 0) is 0 Å². The lowest BCUT2D eigenvalue weighted by atomic mass is 10.1. The van der Waals surface area contributed by atoms with Gasteiger partial charge in [-0.1, -0.05) is 6.92 Å². The van der Waals surface area contributed by atoms with Crippen LogP contribution in [0.2, 0.25) is 0 Å². The molecule has 76 valence electrons. The minimum atomic E-state index is -0.393. The van der Waals surface area contributed by atoms with Gasteiger partial charge in [-0.25, -0.2) is 14.4 Å². The van der Waals surface area contributed by atoms with Crippen molar-refractivity contribution in [2.75, 3.05) is 5.32 Å². The van der Waals surface area contributed by atoms with E-state index in [9.17, 15) is 4.39 Å². The number of hydrogen-bond donors (Lipinski definition) is 1. The molecule has 0 aliphatic heterocycles. The van der Waals surface area contributed by atoms with Crippen molar-refractivity contribution in [2.24, 2.45) is 5.92 Å². The maximum atomic E-state index is 12.5. The lowest BCUT2D eigenvalue weighted by Gasteiger charge is -2.11. The molecular weight excluding hydrogens is 181 g/mol. The van der Waals surface area contributed by atoms with Crippen molar-refractivity contribution in [3.05, 3.63) is 18.2 Å². The van der Waals surface area contributed by atoms with E-state index in [0.717, 1.165) is 18.8 Å². The van der Waals surface area contributed by atoms with Gasteiger partial charge in [-0.05, 0) is 25.2 Å². The zero-order valence-electron chi connectivity index (χ0n) is 8.20. The molecule has 0 bridgehead atoms. The standard InChI is InChI=1S/C10H14FN3/c1-7-2-3-9(4-7)14-10-12-5-8(11)6-13-10/h5-7,9H,2-4H2,1H3,(H,12,13,14). The van der Waals surface area contributed by atoms with Gasteiger partial charge in [0.1, 0.15) is 0 Å².